The third kappa shape index (κ3) is 13.8. The molecular formula is C48H80O40. The maximum Gasteiger partial charge on any atom is 0.187 e. The van der Waals surface area contributed by atoms with E-state index in [4.69, 9.17) is 75.8 Å². The van der Waals surface area contributed by atoms with Crippen LogP contribution in [-0.4, -0.2) is 421 Å². The van der Waals surface area contributed by atoms with Gasteiger partial charge in [-0.15, -0.1) is 0 Å². The molecule has 30 heterocycles. The number of aliphatic hydroxyl groups excluding tert-OH is 24. The molecule has 30 aliphatic heterocycles. The van der Waals surface area contributed by atoms with Crippen LogP contribution < -0.4 is 0 Å². The van der Waals surface area contributed by atoms with Crippen LogP contribution in [0.2, 0.25) is 0 Å². The van der Waals surface area contributed by atoms with E-state index in [0.717, 1.165) is 0 Å². The van der Waals surface area contributed by atoms with E-state index >= 15 is 0 Å². The Bertz CT molecular complexity index is 1700. The Morgan fingerprint density at radius 3 is 0.307 bits per heavy atom. The van der Waals surface area contributed by atoms with E-state index in [2.05, 4.69) is 0 Å². The third-order valence-electron chi connectivity index (χ3n) is 16.9. The molecule has 0 saturated carbocycles. The van der Waals surface area contributed by atoms with Crippen molar-refractivity contribution in [3.8, 4) is 0 Å². The van der Waals surface area contributed by atoms with Crippen molar-refractivity contribution in [3.63, 3.8) is 0 Å². The molecular weight excluding hydrogens is 1220 g/mol. The van der Waals surface area contributed by atoms with Crippen molar-refractivity contribution in [1.29, 1.82) is 0 Å². The molecule has 30 rings (SSSR count). The predicted octanol–water partition coefficient (Wildman–Crippen LogP) is -17.4. The van der Waals surface area contributed by atoms with Crippen LogP contribution >= 0.6 is 0 Å². The van der Waals surface area contributed by atoms with Crippen LogP contribution in [0, 0.1) is 0 Å². The summed E-state index contributed by atoms with van der Waals surface area (Å²) in [5, 5.41) is 265. The fourth-order valence-electron chi connectivity index (χ4n) is 11.9. The van der Waals surface area contributed by atoms with Gasteiger partial charge in [-0.25, -0.2) is 0 Å². The molecule has 0 aromatic rings. The molecule has 0 aromatic heterocycles. The molecule has 24 N–H and O–H groups in total. The van der Waals surface area contributed by atoms with Crippen molar-refractivity contribution in [2.45, 2.75) is 246 Å². The van der Waals surface area contributed by atoms with Gasteiger partial charge < -0.3 is 198 Å². The van der Waals surface area contributed by atoms with Crippen LogP contribution in [0.3, 0.4) is 0 Å². The Kier molecular flexibility index (Phi) is 24.1. The minimum Gasteiger partial charge on any atom is -0.394 e. The number of hydrogen-bond donors (Lipinski definition) is 24. The van der Waals surface area contributed by atoms with Gasteiger partial charge in [-0.1, -0.05) is 0 Å². The first-order valence-electron chi connectivity index (χ1n) is 28.1. The maximum absolute atomic E-state index is 11.4. The van der Waals surface area contributed by atoms with Crippen LogP contribution in [0.15, 0.2) is 0 Å². The summed E-state index contributed by atoms with van der Waals surface area (Å²) in [6.45, 7) is -8.64. The molecule has 512 valence electrons. The Labute approximate surface area is 496 Å². The van der Waals surface area contributed by atoms with Crippen molar-refractivity contribution in [3.05, 3.63) is 0 Å². The third-order valence-corrected chi connectivity index (χ3v) is 16.9. The zero-order valence-corrected chi connectivity index (χ0v) is 46.0. The summed E-state index contributed by atoms with van der Waals surface area (Å²) in [7, 11) is 0. The minimum absolute atomic E-state index is 1.08. The van der Waals surface area contributed by atoms with Crippen molar-refractivity contribution < 1.29 is 198 Å². The van der Waals surface area contributed by atoms with Crippen molar-refractivity contribution in [2.24, 2.45) is 0 Å². The van der Waals surface area contributed by atoms with Crippen LogP contribution in [0.4, 0.5) is 0 Å². The molecule has 0 radical (unpaired) electrons. The fraction of sp³-hybridized carbons (Fsp3) is 1.00. The summed E-state index contributed by atoms with van der Waals surface area (Å²) in [5.41, 5.74) is 0. The predicted molar refractivity (Wildman–Crippen MR) is 261 cm³/mol. The van der Waals surface area contributed by atoms with Gasteiger partial charge in [0.2, 0.25) is 0 Å². The lowest BCUT2D eigenvalue weighted by atomic mass is 9.94. The smallest absolute Gasteiger partial charge is 0.187 e. The van der Waals surface area contributed by atoms with E-state index < -0.39 is 299 Å². The van der Waals surface area contributed by atoms with E-state index in [9.17, 15) is 123 Å². The van der Waals surface area contributed by atoms with Gasteiger partial charge >= 0.3 is 0 Å². The lowest BCUT2D eigenvalue weighted by Gasteiger charge is -2.50. The Morgan fingerprint density at radius 2 is 0.227 bits per heavy atom. The van der Waals surface area contributed by atoms with Gasteiger partial charge in [0.1, 0.15) is 195 Å². The molecule has 16 bridgehead atoms. The fourth-order valence-corrected chi connectivity index (χ4v) is 11.9. The normalized spacial score (nSPS) is 55.4. The van der Waals surface area contributed by atoms with E-state index in [0.29, 0.717) is 0 Å². The van der Waals surface area contributed by atoms with E-state index in [-0.39, 0.29) is 0 Å². The van der Waals surface area contributed by atoms with Crippen molar-refractivity contribution >= 4 is 0 Å². The lowest BCUT2D eigenvalue weighted by Crippen LogP contribution is -2.69. The standard InChI is InChI=1S/C48H80O40/c49-1-9-33-17(57)25(65)41(73-9)82-34-10(2-50)75-43(27(67)19(34)59)84-36-12(4-52)77-45(29(69)21(36)61)86-38-14(6-54)79-47(31(71)23(38)63)88-40-16(8-56)80-48(32(72)24(40)64)87-39-15(7-55)78-46(30(70)22(39)62)85-37-13(5-53)76-44(28(68)20(37)60)83-35-11(3-51)74-42(81-33)26(66)18(35)58/h9-72H,1-8H2/t9-,10-,11-,12-,13-,14-,15-,16-,17-,18-,19-,20-,21-,22-,23-,24-,25-,26-,27-,28-,29-,30-,31-,32-,33-,34-,35-,36-,37?,38?,39?,40?,41?,42?,43?,44?,45?,46?,47?,48?/m1/s1. The molecule has 88 heavy (non-hydrogen) atoms. The van der Waals surface area contributed by atoms with Gasteiger partial charge in [0, 0.05) is 0 Å². The second kappa shape index (κ2) is 30.0. The summed E-state index contributed by atoms with van der Waals surface area (Å²) in [4.78, 5) is 0. The van der Waals surface area contributed by atoms with Crippen LogP contribution in [0.25, 0.3) is 0 Å². The molecule has 30 saturated heterocycles. The first-order chi connectivity index (χ1) is 41.9. The average molecular weight is 1300 g/mol. The summed E-state index contributed by atoms with van der Waals surface area (Å²) in [5.74, 6) is 0. The highest BCUT2D eigenvalue weighted by Gasteiger charge is 2.60. The van der Waals surface area contributed by atoms with E-state index in [1.54, 1.807) is 0 Å². The van der Waals surface area contributed by atoms with Crippen molar-refractivity contribution in [2.75, 3.05) is 52.9 Å². The van der Waals surface area contributed by atoms with Gasteiger partial charge in [0.25, 0.3) is 0 Å². The number of hydrogen-bond acceptors (Lipinski definition) is 40. The monoisotopic (exact) mass is 1300 g/mol. The SMILES string of the molecule is OC[C@H]1OC2OC3[C@@H](CO)OC(OC4[C@@H](CO)OC(OC5[C@@H](CO)OC(O[C@H]6[C@H](O)[C@@H](O)C(O[C@H]7[C@H](O)[C@@H](O)C(O[C@H]8[C@H](O)[C@@H](O)C(O[C@H]9[C@H](O)[C@@H](O)C(OC1[C@H](O)[C@H]2O)O[C@@H]9CO)O[C@@H]8CO)O[C@@H]7CO)O[C@@H]6CO)[C@H](O)[C@H]5O)[C@H](O)[C@H]4O)[C@H](O)[C@H]3O. The Morgan fingerprint density at radius 1 is 0.136 bits per heavy atom. The van der Waals surface area contributed by atoms with Crippen molar-refractivity contribution in [1.82, 2.24) is 0 Å². The molecule has 40 nitrogen and oxygen atoms in total. The van der Waals surface area contributed by atoms with E-state index in [1.165, 1.54) is 0 Å². The second-order valence-electron chi connectivity index (χ2n) is 22.5. The van der Waals surface area contributed by atoms with Gasteiger partial charge in [-0.2, -0.15) is 0 Å². The summed E-state index contributed by atoms with van der Waals surface area (Å²) < 4.78 is 91.1. The molecule has 30 fully saturated rings. The molecule has 0 spiro atoms. The number of rotatable bonds is 8. The van der Waals surface area contributed by atoms with Gasteiger partial charge in [-0.3, -0.25) is 0 Å². The Hall–Kier alpha value is -1.60. The molecule has 30 aliphatic rings. The summed E-state index contributed by atoms with van der Waals surface area (Å²) in [6, 6.07) is 0. The van der Waals surface area contributed by atoms with Gasteiger partial charge in [-0.05, 0) is 0 Å². The first kappa shape index (κ1) is 70.7. The second-order valence-corrected chi connectivity index (χ2v) is 22.5. The highest BCUT2D eigenvalue weighted by atomic mass is 16.8. The summed E-state index contributed by atoms with van der Waals surface area (Å²) in [6.07, 6.45) is -82.0. The number of aliphatic hydroxyl groups is 24. The molecule has 0 amide bonds. The molecule has 0 aliphatic carbocycles. The largest absolute Gasteiger partial charge is 0.394 e. The van der Waals surface area contributed by atoms with Crippen LogP contribution in [0.5, 0.6) is 0 Å². The zero-order chi connectivity index (χ0) is 64.1. The number of ether oxygens (including phenoxy) is 16. The van der Waals surface area contributed by atoms with Crippen LogP contribution in [-0.2, 0) is 75.8 Å². The maximum atomic E-state index is 11.4. The highest BCUT2D eigenvalue weighted by molar-refractivity contribution is 5.02. The molecule has 0 aromatic carbocycles. The molecule has 40 heteroatoms. The zero-order valence-electron chi connectivity index (χ0n) is 46.0. The topological polar surface area (TPSA) is 633 Å². The highest BCUT2D eigenvalue weighted by Crippen LogP contribution is 2.40. The van der Waals surface area contributed by atoms with Gasteiger partial charge in [0.15, 0.2) is 50.3 Å². The summed E-state index contributed by atoms with van der Waals surface area (Å²) >= 11 is 0. The Balaban J connectivity index is 0.975. The minimum atomic E-state index is -2.25. The van der Waals surface area contributed by atoms with Gasteiger partial charge in [0.05, 0.1) is 52.9 Å². The molecule has 12 unspecified atom stereocenters. The first-order valence-corrected chi connectivity index (χ1v) is 28.1. The molecule has 40 atom stereocenters. The van der Waals surface area contributed by atoms with Crippen LogP contribution in [0.1, 0.15) is 0 Å². The lowest BCUT2D eigenvalue weighted by molar-refractivity contribution is -0.404. The quantitative estimate of drug-likeness (QED) is 0.107. The van der Waals surface area contributed by atoms with E-state index in [1.807, 2.05) is 0 Å². The average Bonchev–Trinajstić information content (AvgIpc) is 1.02.